The average molecular weight is 431 g/mol. The minimum absolute atomic E-state index is 0.156. The number of amides is 1. The number of hydrogen-bond donors (Lipinski definition) is 3. The van der Waals surface area contributed by atoms with Crippen molar-refractivity contribution in [2.24, 2.45) is 4.99 Å². The van der Waals surface area contributed by atoms with Crippen LogP contribution >= 0.6 is 0 Å². The van der Waals surface area contributed by atoms with Gasteiger partial charge in [0.1, 0.15) is 6.04 Å². The molecule has 0 saturated heterocycles. The van der Waals surface area contributed by atoms with Gasteiger partial charge in [-0.3, -0.25) is 24.8 Å². The molecule has 0 saturated carbocycles. The lowest BCUT2D eigenvalue weighted by molar-refractivity contribution is -0.144. The van der Waals surface area contributed by atoms with Gasteiger partial charge in [0.2, 0.25) is 5.91 Å². The molecule has 3 N–H and O–H groups in total. The van der Waals surface area contributed by atoms with Crippen molar-refractivity contribution in [1.29, 1.82) is 0 Å². The van der Waals surface area contributed by atoms with Crippen LogP contribution in [0.4, 0.5) is 0 Å². The Hall–Kier alpha value is -4.27. The van der Waals surface area contributed by atoms with E-state index in [0.29, 0.717) is 17.0 Å². The SMILES string of the molecule is COC(=O)C(CC1=c2ccccc2=NC1=Cc1c(-c2cccnc2)[nH][nH]c1=O)NC(C)=O. The standard InChI is InChI=1S/C23H21N5O4/c1-13(29)25-20(23(31)32-2)10-16-15-7-3-4-8-18(15)26-19(16)11-17-21(27-28-22(17)30)14-6-5-9-24-12-14/h3-9,11-12,20H,10H2,1-2H3,(H,25,29)(H2,27,28,30). The molecule has 1 aromatic carbocycles. The van der Waals surface area contributed by atoms with Gasteiger partial charge in [-0.25, -0.2) is 9.79 Å². The molecule has 1 unspecified atom stereocenters. The monoisotopic (exact) mass is 431 g/mol. The van der Waals surface area contributed by atoms with Crippen LogP contribution in [0.1, 0.15) is 18.9 Å². The van der Waals surface area contributed by atoms with Gasteiger partial charge in [0.15, 0.2) is 0 Å². The second-order valence-electron chi connectivity index (χ2n) is 7.23. The Morgan fingerprint density at radius 2 is 2.00 bits per heavy atom. The lowest BCUT2D eigenvalue weighted by atomic mass is 9.99. The van der Waals surface area contributed by atoms with Crippen LogP contribution in [0.25, 0.3) is 22.9 Å². The average Bonchev–Trinajstić information content (AvgIpc) is 3.33. The molecule has 0 aliphatic carbocycles. The fraction of sp³-hybridized carbons (Fsp3) is 0.174. The number of hydrogen-bond acceptors (Lipinski definition) is 6. The Morgan fingerprint density at radius 1 is 1.19 bits per heavy atom. The molecule has 1 aliphatic heterocycles. The first-order valence-corrected chi connectivity index (χ1v) is 9.93. The van der Waals surface area contributed by atoms with Gasteiger partial charge < -0.3 is 10.1 Å². The van der Waals surface area contributed by atoms with Gasteiger partial charge in [-0.2, -0.15) is 0 Å². The number of aromatic nitrogens is 3. The highest BCUT2D eigenvalue weighted by molar-refractivity contribution is 5.87. The molecule has 0 bridgehead atoms. The summed E-state index contributed by atoms with van der Waals surface area (Å²) in [6, 6.07) is 10.2. The second kappa shape index (κ2) is 8.84. The number of carbonyl (C=O) groups excluding carboxylic acids is 2. The van der Waals surface area contributed by atoms with Gasteiger partial charge in [0.05, 0.1) is 29.4 Å². The van der Waals surface area contributed by atoms with Crippen LogP contribution < -0.4 is 21.5 Å². The van der Waals surface area contributed by atoms with E-state index in [-0.39, 0.29) is 17.9 Å². The number of H-pyrrole nitrogens is 2. The van der Waals surface area contributed by atoms with E-state index in [1.54, 1.807) is 24.5 Å². The Labute approximate surface area is 182 Å². The zero-order chi connectivity index (χ0) is 22.7. The Balaban J connectivity index is 1.83. The molecule has 32 heavy (non-hydrogen) atoms. The number of allylic oxidation sites excluding steroid dienone is 1. The minimum atomic E-state index is -0.889. The van der Waals surface area contributed by atoms with Crippen LogP contribution in [0.3, 0.4) is 0 Å². The molecule has 0 spiro atoms. The summed E-state index contributed by atoms with van der Waals surface area (Å²) < 4.78 is 4.86. The smallest absolute Gasteiger partial charge is 0.328 e. The Kier molecular flexibility index (Phi) is 5.80. The minimum Gasteiger partial charge on any atom is -0.467 e. The third-order valence-corrected chi connectivity index (χ3v) is 5.10. The maximum absolute atomic E-state index is 12.6. The largest absolute Gasteiger partial charge is 0.467 e. The van der Waals surface area contributed by atoms with Crippen molar-refractivity contribution >= 4 is 23.5 Å². The number of benzene rings is 1. The molecular weight excluding hydrogens is 410 g/mol. The van der Waals surface area contributed by atoms with E-state index in [1.165, 1.54) is 14.0 Å². The first kappa shape index (κ1) is 21.0. The maximum atomic E-state index is 12.6. The van der Waals surface area contributed by atoms with Gasteiger partial charge in [0, 0.05) is 36.5 Å². The molecular formula is C23H21N5O4. The number of fused-ring (bicyclic) bond motifs is 1. The number of nitrogens with one attached hydrogen (secondary N) is 3. The normalized spacial score (nSPS) is 14.6. The van der Waals surface area contributed by atoms with Crippen LogP contribution in [-0.2, 0) is 14.3 Å². The number of esters is 1. The molecule has 1 aliphatic rings. The number of aromatic amines is 2. The van der Waals surface area contributed by atoms with E-state index in [1.807, 2.05) is 30.3 Å². The highest BCUT2D eigenvalue weighted by atomic mass is 16.5. The lowest BCUT2D eigenvalue weighted by Gasteiger charge is -2.16. The zero-order valence-corrected chi connectivity index (χ0v) is 17.5. The van der Waals surface area contributed by atoms with E-state index >= 15 is 0 Å². The molecule has 4 rings (SSSR count). The lowest BCUT2D eigenvalue weighted by Crippen LogP contribution is -2.41. The highest BCUT2D eigenvalue weighted by Crippen LogP contribution is 2.26. The van der Waals surface area contributed by atoms with Crippen LogP contribution in [-0.4, -0.2) is 40.2 Å². The molecule has 0 fully saturated rings. The molecule has 9 heteroatoms. The molecule has 1 amide bonds. The van der Waals surface area contributed by atoms with Crippen molar-refractivity contribution in [3.63, 3.8) is 0 Å². The molecule has 3 aromatic rings. The molecule has 0 radical (unpaired) electrons. The number of pyridine rings is 1. The van der Waals surface area contributed by atoms with E-state index in [0.717, 1.165) is 21.7 Å². The van der Waals surface area contributed by atoms with Crippen molar-refractivity contribution < 1.29 is 14.3 Å². The fourth-order valence-electron chi connectivity index (χ4n) is 3.66. The van der Waals surface area contributed by atoms with Gasteiger partial charge >= 0.3 is 5.97 Å². The first-order chi connectivity index (χ1) is 15.5. The summed E-state index contributed by atoms with van der Waals surface area (Å²) in [7, 11) is 1.27. The molecule has 2 aromatic heterocycles. The predicted octanol–water partition coefficient (Wildman–Crippen LogP) is 0.658. The third-order valence-electron chi connectivity index (χ3n) is 5.10. The number of ether oxygens (including phenoxy) is 1. The predicted molar refractivity (Wildman–Crippen MR) is 117 cm³/mol. The van der Waals surface area contributed by atoms with Crippen molar-refractivity contribution in [1.82, 2.24) is 20.5 Å². The van der Waals surface area contributed by atoms with Gasteiger partial charge in [-0.05, 0) is 29.8 Å². The quantitative estimate of drug-likeness (QED) is 0.494. The number of methoxy groups -OCH3 is 1. The number of para-hydroxylation sites is 1. The van der Waals surface area contributed by atoms with Crippen molar-refractivity contribution in [3.05, 3.63) is 81.0 Å². The summed E-state index contributed by atoms with van der Waals surface area (Å²) in [5.41, 5.74) is 2.64. The topological polar surface area (TPSA) is 129 Å². The summed E-state index contributed by atoms with van der Waals surface area (Å²) >= 11 is 0. The fourth-order valence-corrected chi connectivity index (χ4v) is 3.66. The third kappa shape index (κ3) is 4.13. The van der Waals surface area contributed by atoms with E-state index in [4.69, 9.17) is 4.74 Å². The molecule has 1 atom stereocenters. The van der Waals surface area contributed by atoms with E-state index in [2.05, 4.69) is 25.5 Å². The van der Waals surface area contributed by atoms with Crippen LogP contribution in [0, 0.1) is 0 Å². The Bertz CT molecular complexity index is 1390. The van der Waals surface area contributed by atoms with Crippen LogP contribution in [0.2, 0.25) is 0 Å². The van der Waals surface area contributed by atoms with E-state index < -0.39 is 12.0 Å². The van der Waals surface area contributed by atoms with Gasteiger partial charge in [0.25, 0.3) is 5.56 Å². The highest BCUT2D eigenvalue weighted by Gasteiger charge is 2.26. The van der Waals surface area contributed by atoms with Crippen molar-refractivity contribution in [3.8, 4) is 11.3 Å². The van der Waals surface area contributed by atoms with Crippen molar-refractivity contribution in [2.45, 2.75) is 19.4 Å². The molecule has 9 nitrogen and oxygen atoms in total. The molecule has 3 heterocycles. The van der Waals surface area contributed by atoms with Crippen LogP contribution in [0.15, 0.2) is 64.3 Å². The number of nitrogens with zero attached hydrogens (tertiary/aromatic N) is 2. The Morgan fingerprint density at radius 3 is 2.72 bits per heavy atom. The van der Waals surface area contributed by atoms with Crippen molar-refractivity contribution in [2.75, 3.05) is 7.11 Å². The van der Waals surface area contributed by atoms with E-state index in [9.17, 15) is 14.4 Å². The summed E-state index contributed by atoms with van der Waals surface area (Å²) in [5.74, 6) is -0.914. The summed E-state index contributed by atoms with van der Waals surface area (Å²) in [5, 5.41) is 9.67. The van der Waals surface area contributed by atoms with Gasteiger partial charge in [-0.15, -0.1) is 0 Å². The van der Waals surface area contributed by atoms with Gasteiger partial charge in [-0.1, -0.05) is 18.2 Å². The second-order valence-corrected chi connectivity index (χ2v) is 7.23. The van der Waals surface area contributed by atoms with Crippen LogP contribution in [0.5, 0.6) is 0 Å². The first-order valence-electron chi connectivity index (χ1n) is 9.93. The number of carbonyl (C=O) groups is 2. The number of rotatable bonds is 6. The summed E-state index contributed by atoms with van der Waals surface area (Å²) in [6.07, 6.45) is 5.13. The summed E-state index contributed by atoms with van der Waals surface area (Å²) in [6.45, 7) is 1.34. The maximum Gasteiger partial charge on any atom is 0.328 e. The summed E-state index contributed by atoms with van der Waals surface area (Å²) in [4.78, 5) is 45.3. The molecule has 162 valence electrons. The zero-order valence-electron chi connectivity index (χ0n) is 17.5.